The zero-order valence-electron chi connectivity index (χ0n) is 21.4. The van der Waals surface area contributed by atoms with E-state index in [0.29, 0.717) is 24.4 Å². The molecule has 204 valence electrons. The van der Waals surface area contributed by atoms with Crippen molar-refractivity contribution in [2.45, 2.75) is 69.0 Å². The summed E-state index contributed by atoms with van der Waals surface area (Å²) in [5, 5.41) is 4.69. The molecule has 1 aromatic heterocycles. The molecule has 0 bridgehead atoms. The molecule has 2 saturated heterocycles. The number of halogens is 3. The molecule has 2 N–H and O–H groups in total. The van der Waals surface area contributed by atoms with Crippen LogP contribution in [0, 0.1) is 5.41 Å². The summed E-state index contributed by atoms with van der Waals surface area (Å²) in [6, 6.07) is 5.90. The summed E-state index contributed by atoms with van der Waals surface area (Å²) in [6.07, 6.45) is 3.34. The van der Waals surface area contributed by atoms with E-state index in [1.165, 1.54) is 12.1 Å². The van der Waals surface area contributed by atoms with E-state index in [0.717, 1.165) is 69.9 Å². The molecule has 2 aromatic rings. The summed E-state index contributed by atoms with van der Waals surface area (Å²) in [5.74, 6) is -0.351. The van der Waals surface area contributed by atoms with Crippen molar-refractivity contribution in [3.63, 3.8) is 0 Å². The van der Waals surface area contributed by atoms with Gasteiger partial charge in [-0.15, -0.1) is 0 Å². The molecule has 4 fully saturated rings. The lowest BCUT2D eigenvalue weighted by atomic mass is 9.93. The number of hydrogen-bond donors (Lipinski definition) is 1. The Morgan fingerprint density at radius 1 is 1.00 bits per heavy atom. The molecular formula is C28H34F3N5O2. The summed E-state index contributed by atoms with van der Waals surface area (Å²) < 4.78 is 42.8. The highest BCUT2D eigenvalue weighted by molar-refractivity contribution is 5.95. The van der Waals surface area contributed by atoms with Gasteiger partial charge in [0.1, 0.15) is 0 Å². The lowest BCUT2D eigenvalue weighted by molar-refractivity contribution is -0.138. The van der Waals surface area contributed by atoms with E-state index in [1.807, 2.05) is 0 Å². The van der Waals surface area contributed by atoms with Crippen LogP contribution in [0.3, 0.4) is 0 Å². The monoisotopic (exact) mass is 529 g/mol. The van der Waals surface area contributed by atoms with Gasteiger partial charge in [-0.1, -0.05) is 18.2 Å². The first kappa shape index (κ1) is 25.4. The van der Waals surface area contributed by atoms with Gasteiger partial charge in [0.25, 0.3) is 5.91 Å². The van der Waals surface area contributed by atoms with Gasteiger partial charge in [0.15, 0.2) is 0 Å². The molecule has 6 rings (SSSR count). The van der Waals surface area contributed by atoms with Crippen molar-refractivity contribution >= 4 is 11.8 Å². The van der Waals surface area contributed by atoms with E-state index >= 15 is 0 Å². The Hall–Kier alpha value is -2.88. The average Bonchev–Trinajstić information content (AvgIpc) is 3.80. The van der Waals surface area contributed by atoms with E-state index in [9.17, 15) is 22.8 Å². The Morgan fingerprint density at radius 2 is 1.71 bits per heavy atom. The fourth-order valence-electron chi connectivity index (χ4n) is 6.45. The molecule has 1 atom stereocenters. The van der Waals surface area contributed by atoms with Gasteiger partial charge < -0.3 is 15.5 Å². The second-order valence-corrected chi connectivity index (χ2v) is 11.6. The number of carbonyl (C=O) groups is 2. The highest BCUT2D eigenvalue weighted by atomic mass is 19.4. The second-order valence-electron chi connectivity index (χ2n) is 11.6. The molecule has 0 spiro atoms. The maximum absolute atomic E-state index is 13.6. The van der Waals surface area contributed by atoms with Crippen molar-refractivity contribution in [2.24, 2.45) is 11.1 Å². The molecular weight excluding hydrogens is 495 g/mol. The van der Waals surface area contributed by atoms with Gasteiger partial charge in [-0.3, -0.25) is 14.3 Å². The molecule has 0 radical (unpaired) electrons. The van der Waals surface area contributed by atoms with Gasteiger partial charge in [0.05, 0.1) is 34.5 Å². The zero-order valence-corrected chi connectivity index (χ0v) is 21.4. The smallest absolute Gasteiger partial charge is 0.369 e. The first-order chi connectivity index (χ1) is 18.2. The lowest BCUT2D eigenvalue weighted by Crippen LogP contribution is -2.42. The molecule has 10 heteroatoms. The minimum Gasteiger partial charge on any atom is -0.369 e. The van der Waals surface area contributed by atoms with Gasteiger partial charge >= 0.3 is 6.18 Å². The van der Waals surface area contributed by atoms with E-state index < -0.39 is 11.7 Å². The molecule has 2 amide bonds. The molecule has 1 aromatic carbocycles. The first-order valence-electron chi connectivity index (χ1n) is 13.7. The third-order valence-corrected chi connectivity index (χ3v) is 9.02. The summed E-state index contributed by atoms with van der Waals surface area (Å²) in [5.41, 5.74) is 6.52. The van der Waals surface area contributed by atoms with Crippen LogP contribution in [0.25, 0.3) is 0 Å². The van der Waals surface area contributed by atoms with Gasteiger partial charge in [0, 0.05) is 44.6 Å². The van der Waals surface area contributed by atoms with E-state index in [-0.39, 0.29) is 41.3 Å². The summed E-state index contributed by atoms with van der Waals surface area (Å²) >= 11 is 0. The third kappa shape index (κ3) is 4.72. The van der Waals surface area contributed by atoms with Crippen molar-refractivity contribution < 1.29 is 22.8 Å². The number of rotatable bonds is 7. The highest BCUT2D eigenvalue weighted by Gasteiger charge is 2.50. The molecule has 4 aliphatic rings. The Balaban J connectivity index is 1.15. The predicted octanol–water partition coefficient (Wildman–Crippen LogP) is 4.31. The standard InChI is InChI=1S/C28H34F3N5O2/c29-28(30,31)23-4-2-1-3-21(23)19-7-14-35(16-19)25(37)22-15-33-36(24(22)18-5-6-18)20-8-12-34(13-9-20)17-27(10-11-27)26(32)38/h1-4,15,18-20H,5-14,16-17H2,(H2,32,38)/t19-/m1/s1. The van der Waals surface area contributed by atoms with Gasteiger partial charge in [-0.2, -0.15) is 18.3 Å². The number of amides is 2. The van der Waals surface area contributed by atoms with E-state index in [2.05, 4.69) is 14.7 Å². The van der Waals surface area contributed by atoms with Crippen LogP contribution in [0.4, 0.5) is 13.2 Å². The number of likely N-dealkylation sites (tertiary alicyclic amines) is 2. The molecule has 38 heavy (non-hydrogen) atoms. The summed E-state index contributed by atoms with van der Waals surface area (Å²) in [4.78, 5) is 29.5. The largest absolute Gasteiger partial charge is 0.416 e. The Labute approximate surface area is 220 Å². The maximum atomic E-state index is 13.6. The van der Waals surface area contributed by atoms with Gasteiger partial charge in [-0.05, 0) is 56.6 Å². The Bertz CT molecular complexity index is 1230. The topological polar surface area (TPSA) is 84.5 Å². The van der Waals surface area contributed by atoms with E-state index in [1.54, 1.807) is 17.2 Å². The third-order valence-electron chi connectivity index (χ3n) is 9.02. The van der Waals surface area contributed by atoms with Crippen LogP contribution in [0.5, 0.6) is 0 Å². The van der Waals surface area contributed by atoms with Crippen LogP contribution >= 0.6 is 0 Å². The number of aromatic nitrogens is 2. The Kier molecular flexibility index (Phi) is 6.28. The molecule has 0 unspecified atom stereocenters. The average molecular weight is 530 g/mol. The molecule has 2 saturated carbocycles. The number of primary amides is 1. The normalized spacial score (nSPS) is 24.1. The van der Waals surface area contributed by atoms with E-state index in [4.69, 9.17) is 5.73 Å². The molecule has 2 aliphatic heterocycles. The number of carbonyl (C=O) groups excluding carboxylic acids is 2. The van der Waals surface area contributed by atoms with Crippen LogP contribution in [-0.2, 0) is 11.0 Å². The number of nitrogens with zero attached hydrogens (tertiary/aromatic N) is 4. The minimum absolute atomic E-state index is 0.125. The second kappa shape index (κ2) is 9.39. The van der Waals surface area contributed by atoms with Crippen LogP contribution in [0.15, 0.2) is 30.5 Å². The minimum atomic E-state index is -4.41. The number of nitrogens with two attached hydrogens (primary N) is 1. The van der Waals surface area contributed by atoms with Crippen molar-refractivity contribution in [1.82, 2.24) is 19.6 Å². The van der Waals surface area contributed by atoms with Crippen LogP contribution < -0.4 is 5.73 Å². The number of benzene rings is 1. The van der Waals surface area contributed by atoms with Crippen LogP contribution in [0.2, 0.25) is 0 Å². The fourth-order valence-corrected chi connectivity index (χ4v) is 6.45. The number of hydrogen-bond acceptors (Lipinski definition) is 4. The predicted molar refractivity (Wildman–Crippen MR) is 134 cm³/mol. The number of piperidine rings is 1. The maximum Gasteiger partial charge on any atom is 0.416 e. The Morgan fingerprint density at radius 3 is 2.34 bits per heavy atom. The van der Waals surface area contributed by atoms with Crippen molar-refractivity contribution in [1.29, 1.82) is 0 Å². The van der Waals surface area contributed by atoms with Crippen molar-refractivity contribution in [2.75, 3.05) is 32.7 Å². The number of alkyl halides is 3. The fraction of sp³-hybridized carbons (Fsp3) is 0.607. The molecule has 2 aliphatic carbocycles. The quantitative estimate of drug-likeness (QED) is 0.579. The summed E-state index contributed by atoms with van der Waals surface area (Å²) in [6.45, 7) is 3.16. The van der Waals surface area contributed by atoms with Gasteiger partial charge in [-0.25, -0.2) is 0 Å². The SMILES string of the molecule is NC(=O)C1(CN2CCC(n3ncc(C(=O)N4CC[C@@H](c5ccccc5C(F)(F)F)C4)c3C3CC3)CC2)CC1. The van der Waals surface area contributed by atoms with Gasteiger partial charge in [0.2, 0.25) is 5.91 Å². The van der Waals surface area contributed by atoms with Crippen LogP contribution in [0.1, 0.15) is 90.0 Å². The molecule has 7 nitrogen and oxygen atoms in total. The van der Waals surface area contributed by atoms with Crippen molar-refractivity contribution in [3.05, 3.63) is 52.8 Å². The lowest BCUT2D eigenvalue weighted by Gasteiger charge is -2.34. The molecule has 3 heterocycles. The summed E-state index contributed by atoms with van der Waals surface area (Å²) in [7, 11) is 0. The zero-order chi connectivity index (χ0) is 26.7. The highest BCUT2D eigenvalue weighted by Crippen LogP contribution is 2.47. The van der Waals surface area contributed by atoms with Crippen LogP contribution in [-0.4, -0.2) is 64.1 Å². The first-order valence-corrected chi connectivity index (χ1v) is 13.7. The van der Waals surface area contributed by atoms with Crippen molar-refractivity contribution in [3.8, 4) is 0 Å².